The van der Waals surface area contributed by atoms with E-state index in [1.54, 1.807) is 38.1 Å². The number of likely N-dealkylation sites (tertiary alicyclic amines) is 1. The molecule has 3 aromatic carbocycles. The van der Waals surface area contributed by atoms with Crippen LogP contribution in [0.4, 0.5) is 5.69 Å². The van der Waals surface area contributed by atoms with Gasteiger partial charge < -0.3 is 5.32 Å². The van der Waals surface area contributed by atoms with Crippen LogP contribution in [0.1, 0.15) is 53.4 Å². The van der Waals surface area contributed by atoms with E-state index < -0.39 is 51.3 Å². The highest BCUT2D eigenvalue weighted by Gasteiger charge is 2.73. The quantitative estimate of drug-likeness (QED) is 0.255. The lowest BCUT2D eigenvalue weighted by atomic mass is 9.54. The fraction of sp³-hybridized carbons (Fsp3) is 0.290. The van der Waals surface area contributed by atoms with Crippen LogP contribution < -0.4 is 5.32 Å². The number of amides is 3. The van der Waals surface area contributed by atoms with Crippen molar-refractivity contribution in [1.29, 1.82) is 0 Å². The van der Waals surface area contributed by atoms with Crippen LogP contribution in [0.25, 0.3) is 0 Å². The number of carbonyl (C=O) groups excluding carboxylic acids is 4. The Morgan fingerprint density at radius 1 is 0.795 bits per heavy atom. The molecule has 1 fully saturated rings. The number of nitrogens with zero attached hydrogens (tertiary/aromatic N) is 1. The number of hydrogen-bond acceptors (Lipinski definition) is 4. The highest BCUT2D eigenvalue weighted by molar-refractivity contribution is 6.36. The predicted molar refractivity (Wildman–Crippen MR) is 149 cm³/mol. The van der Waals surface area contributed by atoms with E-state index in [9.17, 15) is 19.2 Å². The zero-order valence-electron chi connectivity index (χ0n) is 21.6. The maximum atomic E-state index is 14.3. The second kappa shape index (κ2) is 8.77. The van der Waals surface area contributed by atoms with Gasteiger partial charge in [-0.3, -0.25) is 24.1 Å². The summed E-state index contributed by atoms with van der Waals surface area (Å²) in [7, 11) is 0. The molecule has 6 nitrogen and oxygen atoms in total. The molecule has 3 atom stereocenters. The summed E-state index contributed by atoms with van der Waals surface area (Å²) in [5.74, 6) is -4.07. The zero-order chi connectivity index (χ0) is 27.9. The molecule has 0 spiro atoms. The molecule has 0 saturated carbocycles. The molecule has 3 amide bonds. The molecule has 0 unspecified atom stereocenters. The second-order valence-corrected chi connectivity index (χ2v) is 12.0. The van der Waals surface area contributed by atoms with Crippen LogP contribution in [-0.2, 0) is 24.1 Å². The van der Waals surface area contributed by atoms with E-state index in [-0.39, 0.29) is 5.78 Å². The van der Waals surface area contributed by atoms with Gasteiger partial charge >= 0.3 is 0 Å². The average molecular weight is 561 g/mol. The summed E-state index contributed by atoms with van der Waals surface area (Å²) in [4.78, 5) is 52.6. The predicted octanol–water partition coefficient (Wildman–Crippen LogP) is 5.45. The van der Waals surface area contributed by atoms with Crippen molar-refractivity contribution < 1.29 is 19.2 Å². The Balaban J connectivity index is 1.46. The SMILES string of the molecule is CC(=O)c1cccc(NC(=O)[C@H](C(C)C)N2C(=O)[C@@H]3[C@H](C2=O)C2(Cl)c4ccccc4C3(Cl)c3ccccc32)c1. The zero-order valence-corrected chi connectivity index (χ0v) is 23.1. The molecule has 198 valence electrons. The number of ketones is 1. The number of carbonyl (C=O) groups is 4. The Labute approximate surface area is 236 Å². The van der Waals surface area contributed by atoms with E-state index in [0.717, 1.165) is 4.90 Å². The smallest absolute Gasteiger partial charge is 0.247 e. The van der Waals surface area contributed by atoms with Gasteiger partial charge in [-0.05, 0) is 47.2 Å². The van der Waals surface area contributed by atoms with Gasteiger partial charge in [0.2, 0.25) is 17.7 Å². The van der Waals surface area contributed by atoms with Gasteiger partial charge in [0.1, 0.15) is 15.8 Å². The number of Topliss-reactive ketones (excluding diaryl/α,β-unsaturated/α-hetero) is 1. The molecule has 4 aliphatic rings. The normalized spacial score (nSPS) is 27.2. The minimum absolute atomic E-state index is 0.144. The van der Waals surface area contributed by atoms with Crippen LogP contribution in [0.3, 0.4) is 0 Å². The van der Waals surface area contributed by atoms with Crippen LogP contribution in [-0.4, -0.2) is 34.4 Å². The molecule has 39 heavy (non-hydrogen) atoms. The summed E-state index contributed by atoms with van der Waals surface area (Å²) < 4.78 is 0. The molecule has 7 rings (SSSR count). The number of hydrogen-bond donors (Lipinski definition) is 1. The van der Waals surface area contributed by atoms with E-state index in [1.165, 1.54) is 6.92 Å². The summed E-state index contributed by atoms with van der Waals surface area (Å²) >= 11 is 15.0. The van der Waals surface area contributed by atoms with Crippen LogP contribution in [0.2, 0.25) is 0 Å². The van der Waals surface area contributed by atoms with Crippen molar-refractivity contribution in [2.24, 2.45) is 17.8 Å². The van der Waals surface area contributed by atoms with Crippen molar-refractivity contribution in [3.05, 3.63) is 101 Å². The van der Waals surface area contributed by atoms with Crippen LogP contribution in [0.5, 0.6) is 0 Å². The highest BCUT2D eigenvalue weighted by Crippen LogP contribution is 2.69. The lowest BCUT2D eigenvalue weighted by Gasteiger charge is -2.54. The number of anilines is 1. The first kappa shape index (κ1) is 25.8. The van der Waals surface area contributed by atoms with Crippen molar-refractivity contribution in [3.8, 4) is 0 Å². The summed E-state index contributed by atoms with van der Waals surface area (Å²) in [6, 6.07) is 20.3. The summed E-state index contributed by atoms with van der Waals surface area (Å²) in [5, 5.41) is 2.81. The molecule has 1 aliphatic heterocycles. The van der Waals surface area contributed by atoms with E-state index in [1.807, 2.05) is 48.5 Å². The Kier molecular flexibility index (Phi) is 5.79. The first-order chi connectivity index (χ1) is 18.5. The van der Waals surface area contributed by atoms with Crippen LogP contribution >= 0.6 is 23.2 Å². The van der Waals surface area contributed by atoms with Gasteiger partial charge in [0, 0.05) is 11.3 Å². The molecule has 2 bridgehead atoms. The molecule has 1 N–H and O–H groups in total. The topological polar surface area (TPSA) is 83.6 Å². The van der Waals surface area contributed by atoms with E-state index in [4.69, 9.17) is 23.2 Å². The van der Waals surface area contributed by atoms with E-state index in [0.29, 0.717) is 33.5 Å². The summed E-state index contributed by atoms with van der Waals surface area (Å²) in [6.45, 7) is 5.00. The van der Waals surface area contributed by atoms with Gasteiger partial charge in [-0.2, -0.15) is 0 Å². The third-order valence-electron chi connectivity index (χ3n) is 8.33. The van der Waals surface area contributed by atoms with Crippen molar-refractivity contribution in [2.75, 3.05) is 5.32 Å². The molecule has 3 aliphatic carbocycles. The second-order valence-electron chi connectivity index (χ2n) is 10.8. The highest BCUT2D eigenvalue weighted by atomic mass is 35.5. The lowest BCUT2D eigenvalue weighted by Crippen LogP contribution is -2.57. The number of imide groups is 1. The van der Waals surface area contributed by atoms with Gasteiger partial charge in [-0.25, -0.2) is 0 Å². The van der Waals surface area contributed by atoms with Crippen LogP contribution in [0.15, 0.2) is 72.8 Å². The summed E-state index contributed by atoms with van der Waals surface area (Å²) in [5.41, 5.74) is 3.66. The Bertz CT molecular complexity index is 1460. The largest absolute Gasteiger partial charge is 0.324 e. The maximum Gasteiger partial charge on any atom is 0.247 e. The van der Waals surface area contributed by atoms with E-state index in [2.05, 4.69) is 5.32 Å². The number of nitrogens with one attached hydrogen (secondary N) is 1. The first-order valence-electron chi connectivity index (χ1n) is 12.9. The average Bonchev–Trinajstić information content (AvgIpc) is 3.18. The van der Waals surface area contributed by atoms with Gasteiger partial charge in [0.25, 0.3) is 0 Å². The Morgan fingerprint density at radius 3 is 1.67 bits per heavy atom. The Morgan fingerprint density at radius 2 is 1.26 bits per heavy atom. The minimum atomic E-state index is -1.32. The maximum absolute atomic E-state index is 14.3. The van der Waals surface area contributed by atoms with Crippen molar-refractivity contribution in [2.45, 2.75) is 36.6 Å². The molecular weight excluding hydrogens is 535 g/mol. The molecule has 1 heterocycles. The van der Waals surface area contributed by atoms with Gasteiger partial charge in [-0.1, -0.05) is 74.5 Å². The van der Waals surface area contributed by atoms with Gasteiger partial charge in [0.15, 0.2) is 5.78 Å². The molecule has 8 heteroatoms. The lowest BCUT2D eigenvalue weighted by molar-refractivity contribution is -0.148. The van der Waals surface area contributed by atoms with Crippen molar-refractivity contribution >= 4 is 52.4 Å². The fourth-order valence-electron chi connectivity index (χ4n) is 6.71. The number of halogens is 2. The molecule has 1 saturated heterocycles. The third-order valence-corrected chi connectivity index (χ3v) is 9.62. The monoisotopic (exact) mass is 560 g/mol. The van der Waals surface area contributed by atoms with Crippen molar-refractivity contribution in [3.63, 3.8) is 0 Å². The molecule has 3 aromatic rings. The third kappa shape index (κ3) is 3.34. The molecular formula is C31H26Cl2N2O4. The van der Waals surface area contributed by atoms with Gasteiger partial charge in [0.05, 0.1) is 11.8 Å². The fourth-order valence-corrected chi connectivity index (χ4v) is 7.81. The van der Waals surface area contributed by atoms with E-state index >= 15 is 0 Å². The molecule has 0 aromatic heterocycles. The number of rotatable bonds is 5. The summed E-state index contributed by atoms with van der Waals surface area (Å²) in [6.07, 6.45) is 0. The Hall–Kier alpha value is -3.48. The first-order valence-corrected chi connectivity index (χ1v) is 13.6. The number of alkyl halides is 2. The minimum Gasteiger partial charge on any atom is -0.324 e. The van der Waals surface area contributed by atoms with Crippen molar-refractivity contribution in [1.82, 2.24) is 4.90 Å². The number of benzene rings is 3. The van der Waals surface area contributed by atoms with Crippen LogP contribution in [0, 0.1) is 17.8 Å². The molecule has 0 radical (unpaired) electrons. The standard InChI is InChI=1S/C31H26Cl2N2O4/c1-16(2)26(27(37)34-19-10-8-9-18(15-19)17(3)36)35-28(38)24-25(29(35)39)31(33)21-12-5-4-11-20(21)30(24,32)22-13-6-7-14-23(22)31/h4-16,24-26H,1-3H3,(H,34,37)/t24-,25+,26-,30?,31?/m0/s1. The van der Waals surface area contributed by atoms with Gasteiger partial charge in [-0.15, -0.1) is 23.2 Å².